The molecule has 0 aromatic rings. The Hall–Kier alpha value is 0.194. The fraction of sp³-hybridized carbons (Fsp3) is 1.00. The minimum atomic E-state index is -2.35. The van der Waals surface area contributed by atoms with Crippen LogP contribution >= 0.6 is 0 Å². The largest absolute Gasteiger partial charge is 0.500 e. The highest BCUT2D eigenvalue weighted by molar-refractivity contribution is 6.60. The summed E-state index contributed by atoms with van der Waals surface area (Å²) in [6.45, 7) is 5.31. The van der Waals surface area contributed by atoms with Gasteiger partial charge in [-0.2, -0.15) is 0 Å². The number of rotatable bonds is 10. The van der Waals surface area contributed by atoms with Gasteiger partial charge in [0.05, 0.1) is 0 Å². The van der Waals surface area contributed by atoms with Gasteiger partial charge in [0.25, 0.3) is 0 Å². The Morgan fingerprint density at radius 3 is 1.94 bits per heavy atom. The molecule has 0 fully saturated rings. The fourth-order valence-corrected chi connectivity index (χ4v) is 2.94. The van der Waals surface area contributed by atoms with E-state index in [1.165, 1.54) is 0 Å². The molecule has 18 heavy (non-hydrogen) atoms. The van der Waals surface area contributed by atoms with E-state index in [-0.39, 0.29) is 0 Å². The Morgan fingerprint density at radius 2 is 1.61 bits per heavy atom. The summed E-state index contributed by atoms with van der Waals surface area (Å²) in [4.78, 5) is 0. The van der Waals surface area contributed by atoms with Crippen LogP contribution in [0.5, 0.6) is 0 Å². The lowest BCUT2D eigenvalue weighted by atomic mass is 10.5. The van der Waals surface area contributed by atoms with E-state index in [1.54, 1.807) is 21.3 Å². The van der Waals surface area contributed by atoms with Crippen molar-refractivity contribution in [3.63, 3.8) is 0 Å². The van der Waals surface area contributed by atoms with Crippen molar-refractivity contribution in [3.05, 3.63) is 0 Å². The Morgan fingerprint density at radius 1 is 1.11 bits per heavy atom. The van der Waals surface area contributed by atoms with Crippen molar-refractivity contribution in [1.82, 2.24) is 5.32 Å². The second-order valence-corrected chi connectivity index (χ2v) is 7.18. The first kappa shape index (κ1) is 20.5. The molecular formula is C10H30N2O4Si2. The maximum atomic E-state index is 5.35. The van der Waals surface area contributed by atoms with Crippen molar-refractivity contribution in [2.45, 2.75) is 19.4 Å². The smallest absolute Gasteiger partial charge is 0.428 e. The van der Waals surface area contributed by atoms with Gasteiger partial charge in [-0.3, -0.25) is 0 Å². The molecule has 0 bridgehead atoms. The van der Waals surface area contributed by atoms with E-state index in [2.05, 4.69) is 9.74 Å². The Labute approximate surface area is 115 Å². The molecule has 0 amide bonds. The van der Waals surface area contributed by atoms with Gasteiger partial charge < -0.3 is 28.8 Å². The Kier molecular flexibility index (Phi) is 17.4. The summed E-state index contributed by atoms with van der Waals surface area (Å²) in [5.41, 5.74) is 5.35. The molecule has 0 saturated heterocycles. The normalized spacial score (nSPS) is 11.2. The third-order valence-electron chi connectivity index (χ3n) is 2.38. The van der Waals surface area contributed by atoms with Crippen LogP contribution in [0.2, 0.25) is 6.04 Å². The van der Waals surface area contributed by atoms with Crippen LogP contribution in [0.25, 0.3) is 0 Å². The number of nitrogens with two attached hydrogens (primary N) is 1. The molecule has 0 aliphatic rings. The highest BCUT2D eigenvalue weighted by Gasteiger charge is 2.36. The maximum Gasteiger partial charge on any atom is 0.500 e. The van der Waals surface area contributed by atoms with Crippen LogP contribution in [0.1, 0.15) is 13.3 Å². The summed E-state index contributed by atoms with van der Waals surface area (Å²) in [6.07, 6.45) is 0.974. The zero-order chi connectivity index (χ0) is 14.3. The first-order chi connectivity index (χ1) is 8.66. The lowest BCUT2D eigenvalue weighted by molar-refractivity contribution is 0.123. The molecule has 0 unspecified atom stereocenters. The highest BCUT2D eigenvalue weighted by atomic mass is 28.4. The summed E-state index contributed by atoms with van der Waals surface area (Å²) in [5.74, 6) is 0. The van der Waals surface area contributed by atoms with Gasteiger partial charge in [0.1, 0.15) is 10.5 Å². The highest BCUT2D eigenvalue weighted by Crippen LogP contribution is 2.13. The van der Waals surface area contributed by atoms with Gasteiger partial charge in [0.15, 0.2) is 0 Å². The molecule has 0 heterocycles. The summed E-state index contributed by atoms with van der Waals surface area (Å²) in [7, 11) is 3.44. The van der Waals surface area contributed by atoms with Crippen molar-refractivity contribution in [2.75, 3.05) is 47.6 Å². The molecule has 8 heteroatoms. The van der Waals surface area contributed by atoms with Crippen LogP contribution in [0.3, 0.4) is 0 Å². The molecule has 0 rings (SSSR count). The molecular weight excluding hydrogens is 268 g/mol. The van der Waals surface area contributed by atoms with Crippen LogP contribution in [0.4, 0.5) is 0 Å². The molecule has 0 saturated carbocycles. The van der Waals surface area contributed by atoms with Gasteiger partial charge in [0.2, 0.25) is 0 Å². The topological polar surface area (TPSA) is 75.0 Å². The van der Waals surface area contributed by atoms with Gasteiger partial charge in [-0.25, -0.2) is 0 Å². The van der Waals surface area contributed by atoms with E-state index in [0.717, 1.165) is 42.6 Å². The van der Waals surface area contributed by atoms with E-state index in [0.29, 0.717) is 6.54 Å². The summed E-state index contributed by atoms with van der Waals surface area (Å²) in [6, 6.07) is 0.827. The lowest BCUT2D eigenvalue weighted by Crippen LogP contribution is -2.43. The Bertz CT molecular complexity index is 153. The van der Waals surface area contributed by atoms with E-state index in [4.69, 9.17) is 19.0 Å². The molecule has 0 aromatic carbocycles. The van der Waals surface area contributed by atoms with Crippen molar-refractivity contribution >= 4 is 19.3 Å². The second-order valence-electron chi connectivity index (χ2n) is 3.51. The monoisotopic (exact) mass is 298 g/mol. The quantitative estimate of drug-likeness (QED) is 0.402. The van der Waals surface area contributed by atoms with Crippen LogP contribution < -0.4 is 11.1 Å². The number of hydrogen-bond donors (Lipinski definition) is 2. The molecule has 0 radical (unpaired) electrons. The van der Waals surface area contributed by atoms with Gasteiger partial charge in [-0.05, 0) is 19.9 Å². The molecule has 3 N–H and O–H groups in total. The molecule has 0 aromatic heterocycles. The minimum absolute atomic E-state index is 0.668. The zero-order valence-corrected chi connectivity index (χ0v) is 15.5. The molecule has 6 nitrogen and oxygen atoms in total. The predicted octanol–water partition coefficient (Wildman–Crippen LogP) is -0.894. The number of hydrogen-bond acceptors (Lipinski definition) is 6. The van der Waals surface area contributed by atoms with Crippen molar-refractivity contribution in [2.24, 2.45) is 5.73 Å². The average molecular weight is 299 g/mol. The van der Waals surface area contributed by atoms with Crippen LogP contribution in [-0.4, -0.2) is 66.9 Å². The van der Waals surface area contributed by atoms with Crippen LogP contribution in [0, 0.1) is 0 Å². The SMILES string of the molecule is CCO[SiH3].CO[Si](CCCNCCN)(OC)OC. The van der Waals surface area contributed by atoms with E-state index < -0.39 is 8.80 Å². The predicted molar refractivity (Wildman–Crippen MR) is 79.7 cm³/mol. The second kappa shape index (κ2) is 15.3. The first-order valence-electron chi connectivity index (χ1n) is 6.21. The maximum absolute atomic E-state index is 5.35. The molecule has 0 atom stereocenters. The number of nitrogens with one attached hydrogen (secondary N) is 1. The average Bonchev–Trinajstić information content (AvgIpc) is 2.44. The Balaban J connectivity index is 0. The van der Waals surface area contributed by atoms with E-state index in [1.807, 2.05) is 6.92 Å². The van der Waals surface area contributed by atoms with Gasteiger partial charge in [-0.1, -0.05) is 0 Å². The molecule has 0 spiro atoms. The summed E-state index contributed by atoms with van der Waals surface area (Å²) < 4.78 is 20.5. The summed E-state index contributed by atoms with van der Waals surface area (Å²) >= 11 is 0. The van der Waals surface area contributed by atoms with Crippen LogP contribution in [0.15, 0.2) is 0 Å². The lowest BCUT2D eigenvalue weighted by Gasteiger charge is -2.24. The third-order valence-corrected chi connectivity index (χ3v) is 5.79. The molecule has 112 valence electrons. The third kappa shape index (κ3) is 11.3. The summed E-state index contributed by atoms with van der Waals surface area (Å²) in [5, 5.41) is 3.21. The van der Waals surface area contributed by atoms with Gasteiger partial charge >= 0.3 is 8.80 Å². The first-order valence-corrected chi connectivity index (χ1v) is 8.96. The van der Waals surface area contributed by atoms with Gasteiger partial charge in [-0.15, -0.1) is 0 Å². The van der Waals surface area contributed by atoms with E-state index >= 15 is 0 Å². The fourth-order valence-electron chi connectivity index (χ4n) is 1.21. The standard InChI is InChI=1S/C8H22N2O3Si.C2H8OSi/c1-11-14(12-2,13-3)8-4-6-10-7-5-9;1-2-3-4/h10H,4-9H2,1-3H3;2H2,1,4H3. The van der Waals surface area contributed by atoms with E-state index in [9.17, 15) is 0 Å². The molecule has 0 aliphatic carbocycles. The van der Waals surface area contributed by atoms with Crippen molar-refractivity contribution in [3.8, 4) is 0 Å². The molecule has 0 aliphatic heterocycles. The van der Waals surface area contributed by atoms with Crippen LogP contribution in [-0.2, 0) is 17.7 Å². The van der Waals surface area contributed by atoms with Crippen molar-refractivity contribution < 1.29 is 17.7 Å². The minimum Gasteiger partial charge on any atom is -0.428 e. The van der Waals surface area contributed by atoms with Gasteiger partial charge in [0, 0.05) is 47.1 Å². The van der Waals surface area contributed by atoms with Crippen molar-refractivity contribution in [1.29, 1.82) is 0 Å². The zero-order valence-electron chi connectivity index (χ0n) is 12.5.